The van der Waals surface area contributed by atoms with Crippen molar-refractivity contribution in [1.29, 1.82) is 0 Å². The zero-order valence-electron chi connectivity index (χ0n) is 18.3. The highest BCUT2D eigenvalue weighted by Crippen LogP contribution is 2.15. The van der Waals surface area contributed by atoms with Crippen LogP contribution in [0.15, 0.2) is 53.5 Å². The Bertz CT molecular complexity index is 886. The highest BCUT2D eigenvalue weighted by atomic mass is 127. The van der Waals surface area contributed by atoms with Crippen LogP contribution in [0.25, 0.3) is 0 Å². The van der Waals surface area contributed by atoms with E-state index in [1.165, 1.54) is 5.56 Å². The standard InChI is InChI=1S/C23H30ClN5O2.HI/c1-2-26-23(27-15-19-4-3-5-21(14-19)31-17-22(25)30)29-12-10-28(11-13-29)16-18-6-8-20(24)9-7-18;/h3-9,14H,2,10-13,15-17H2,1H3,(H2,25,30)(H,26,27);1H. The Morgan fingerprint density at radius 3 is 2.50 bits per heavy atom. The van der Waals surface area contributed by atoms with Gasteiger partial charge in [0.1, 0.15) is 5.75 Å². The molecule has 0 spiro atoms. The average molecular weight is 572 g/mol. The number of primary amides is 1. The fraction of sp³-hybridized carbons (Fsp3) is 0.391. The molecule has 1 aliphatic heterocycles. The SMILES string of the molecule is CCNC(=NCc1cccc(OCC(N)=O)c1)N1CCN(Cc2ccc(Cl)cc2)CC1.I. The van der Waals surface area contributed by atoms with Crippen LogP contribution in [0, 0.1) is 0 Å². The maximum atomic E-state index is 10.9. The van der Waals surface area contributed by atoms with Crippen molar-refractivity contribution < 1.29 is 9.53 Å². The number of rotatable bonds is 8. The van der Waals surface area contributed by atoms with Crippen LogP contribution in [0.2, 0.25) is 5.02 Å². The van der Waals surface area contributed by atoms with Gasteiger partial charge in [0.2, 0.25) is 0 Å². The molecule has 1 heterocycles. The van der Waals surface area contributed by atoms with Gasteiger partial charge >= 0.3 is 0 Å². The van der Waals surface area contributed by atoms with Gasteiger partial charge < -0.3 is 20.7 Å². The predicted octanol–water partition coefficient (Wildman–Crippen LogP) is 3.11. The van der Waals surface area contributed by atoms with Crippen molar-refractivity contribution in [2.45, 2.75) is 20.0 Å². The third-order valence-electron chi connectivity index (χ3n) is 5.02. The zero-order valence-corrected chi connectivity index (χ0v) is 21.4. The van der Waals surface area contributed by atoms with Gasteiger partial charge in [0.15, 0.2) is 12.6 Å². The number of ether oxygens (including phenoxy) is 1. The molecule has 7 nitrogen and oxygen atoms in total. The number of nitrogens with zero attached hydrogens (tertiary/aromatic N) is 3. The number of guanidine groups is 1. The van der Waals surface area contributed by atoms with E-state index >= 15 is 0 Å². The maximum absolute atomic E-state index is 10.9. The van der Waals surface area contributed by atoms with E-state index in [2.05, 4.69) is 34.2 Å². The van der Waals surface area contributed by atoms with E-state index in [9.17, 15) is 4.79 Å². The zero-order chi connectivity index (χ0) is 22.1. The van der Waals surface area contributed by atoms with Crippen LogP contribution >= 0.6 is 35.6 Å². The number of hydrogen-bond acceptors (Lipinski definition) is 4. The number of hydrogen-bond donors (Lipinski definition) is 2. The topological polar surface area (TPSA) is 83.2 Å². The predicted molar refractivity (Wildman–Crippen MR) is 140 cm³/mol. The Morgan fingerprint density at radius 2 is 1.84 bits per heavy atom. The molecule has 1 aliphatic rings. The van der Waals surface area contributed by atoms with Crippen LogP contribution in [0.1, 0.15) is 18.1 Å². The van der Waals surface area contributed by atoms with Gasteiger partial charge in [-0.3, -0.25) is 9.69 Å². The molecule has 3 rings (SSSR count). The maximum Gasteiger partial charge on any atom is 0.255 e. The lowest BCUT2D eigenvalue weighted by atomic mass is 10.2. The summed E-state index contributed by atoms with van der Waals surface area (Å²) in [7, 11) is 0. The van der Waals surface area contributed by atoms with Crippen LogP contribution in [0.4, 0.5) is 0 Å². The number of aliphatic imine (C=N–C) groups is 1. The van der Waals surface area contributed by atoms with E-state index in [0.717, 1.165) is 55.8 Å². The summed E-state index contributed by atoms with van der Waals surface area (Å²) in [5.74, 6) is 1.04. The van der Waals surface area contributed by atoms with Crippen LogP contribution < -0.4 is 15.8 Å². The number of nitrogens with two attached hydrogens (primary N) is 1. The second-order valence-electron chi connectivity index (χ2n) is 7.46. The molecular weight excluding hydrogens is 541 g/mol. The Labute approximate surface area is 212 Å². The largest absolute Gasteiger partial charge is 0.484 e. The Kier molecular flexibility index (Phi) is 11.1. The quantitative estimate of drug-likeness (QED) is 0.289. The molecule has 3 N–H and O–H groups in total. The lowest BCUT2D eigenvalue weighted by Gasteiger charge is -2.36. The minimum absolute atomic E-state index is 0. The molecule has 2 aromatic rings. The van der Waals surface area contributed by atoms with Gasteiger partial charge in [-0.2, -0.15) is 0 Å². The van der Waals surface area contributed by atoms with Crippen molar-refractivity contribution >= 4 is 47.4 Å². The molecule has 9 heteroatoms. The molecule has 0 radical (unpaired) electrons. The molecule has 0 aliphatic carbocycles. The number of carbonyl (C=O) groups is 1. The minimum Gasteiger partial charge on any atom is -0.484 e. The monoisotopic (exact) mass is 571 g/mol. The number of benzene rings is 2. The molecule has 0 unspecified atom stereocenters. The molecule has 0 bridgehead atoms. The summed E-state index contributed by atoms with van der Waals surface area (Å²) in [6, 6.07) is 15.6. The van der Waals surface area contributed by atoms with Crippen LogP contribution in [-0.2, 0) is 17.9 Å². The molecule has 0 saturated carbocycles. The summed E-state index contributed by atoms with van der Waals surface area (Å²) in [6.45, 7) is 8.00. The number of piperazine rings is 1. The normalized spacial score (nSPS) is 14.6. The molecule has 1 amide bonds. The number of carbonyl (C=O) groups excluding carboxylic acids is 1. The molecule has 32 heavy (non-hydrogen) atoms. The Hall–Kier alpha value is -2.04. The summed E-state index contributed by atoms with van der Waals surface area (Å²) in [6.07, 6.45) is 0. The van der Waals surface area contributed by atoms with Gasteiger partial charge in [0.05, 0.1) is 6.54 Å². The van der Waals surface area contributed by atoms with Gasteiger partial charge in [-0.05, 0) is 42.3 Å². The van der Waals surface area contributed by atoms with E-state index in [0.29, 0.717) is 12.3 Å². The molecule has 0 aromatic heterocycles. The average Bonchev–Trinajstić information content (AvgIpc) is 2.78. The van der Waals surface area contributed by atoms with Gasteiger partial charge in [-0.25, -0.2) is 4.99 Å². The molecular formula is C23H31ClIN5O2. The van der Waals surface area contributed by atoms with Crippen LogP contribution in [-0.4, -0.2) is 61.0 Å². The summed E-state index contributed by atoms with van der Waals surface area (Å²) >= 11 is 5.98. The summed E-state index contributed by atoms with van der Waals surface area (Å²) in [4.78, 5) is 20.5. The third-order valence-corrected chi connectivity index (χ3v) is 5.27. The molecule has 2 aromatic carbocycles. The fourth-order valence-electron chi connectivity index (χ4n) is 3.45. The van der Waals surface area contributed by atoms with E-state index in [1.54, 1.807) is 6.07 Å². The molecule has 174 valence electrons. The summed E-state index contributed by atoms with van der Waals surface area (Å²) < 4.78 is 5.38. The first-order valence-electron chi connectivity index (χ1n) is 10.5. The van der Waals surface area contributed by atoms with Gasteiger partial charge in [-0.1, -0.05) is 35.9 Å². The minimum atomic E-state index is -0.493. The van der Waals surface area contributed by atoms with E-state index in [-0.39, 0.29) is 30.6 Å². The number of halogens is 2. The molecule has 1 fully saturated rings. The van der Waals surface area contributed by atoms with Crippen molar-refractivity contribution in [3.05, 3.63) is 64.7 Å². The fourth-order valence-corrected chi connectivity index (χ4v) is 3.57. The van der Waals surface area contributed by atoms with Crippen LogP contribution in [0.3, 0.4) is 0 Å². The number of nitrogens with one attached hydrogen (secondary N) is 1. The Balaban J connectivity index is 0.00000363. The van der Waals surface area contributed by atoms with Crippen molar-refractivity contribution in [3.63, 3.8) is 0 Å². The summed E-state index contributed by atoms with van der Waals surface area (Å²) in [5, 5.41) is 4.17. The molecule has 1 saturated heterocycles. The first-order chi connectivity index (χ1) is 15.0. The molecule has 0 atom stereocenters. The first-order valence-corrected chi connectivity index (χ1v) is 10.9. The smallest absolute Gasteiger partial charge is 0.255 e. The number of amides is 1. The second-order valence-corrected chi connectivity index (χ2v) is 7.90. The lowest BCUT2D eigenvalue weighted by Crippen LogP contribution is -2.52. The highest BCUT2D eigenvalue weighted by Gasteiger charge is 2.19. The van der Waals surface area contributed by atoms with E-state index in [4.69, 9.17) is 27.1 Å². The van der Waals surface area contributed by atoms with Gasteiger partial charge in [0.25, 0.3) is 5.91 Å². The first kappa shape index (κ1) is 26.2. The van der Waals surface area contributed by atoms with Crippen molar-refractivity contribution in [2.75, 3.05) is 39.3 Å². The third kappa shape index (κ3) is 8.48. The lowest BCUT2D eigenvalue weighted by molar-refractivity contribution is -0.119. The Morgan fingerprint density at radius 1 is 1.12 bits per heavy atom. The van der Waals surface area contributed by atoms with E-state index in [1.807, 2.05) is 30.3 Å². The van der Waals surface area contributed by atoms with Crippen molar-refractivity contribution in [3.8, 4) is 5.75 Å². The summed E-state index contributed by atoms with van der Waals surface area (Å²) in [5.41, 5.74) is 7.43. The second kappa shape index (κ2) is 13.5. The van der Waals surface area contributed by atoms with Gasteiger partial charge in [-0.15, -0.1) is 24.0 Å². The van der Waals surface area contributed by atoms with Crippen molar-refractivity contribution in [2.24, 2.45) is 10.7 Å². The van der Waals surface area contributed by atoms with Crippen LogP contribution in [0.5, 0.6) is 5.75 Å². The van der Waals surface area contributed by atoms with Gasteiger partial charge in [0, 0.05) is 44.3 Å². The highest BCUT2D eigenvalue weighted by molar-refractivity contribution is 14.0. The van der Waals surface area contributed by atoms with Crippen molar-refractivity contribution in [1.82, 2.24) is 15.1 Å². The van der Waals surface area contributed by atoms with E-state index < -0.39 is 5.91 Å².